The SMILES string of the molecule is CCOc1cccc2cc([C@@H]3CC(c4cccc(OC)c4)=NN3C(=O)CC)c(Cl)nc12. The molecule has 0 bridgehead atoms. The van der Waals surface area contributed by atoms with Gasteiger partial charge in [0.1, 0.15) is 22.2 Å². The third-order valence-corrected chi connectivity index (χ3v) is 5.62. The van der Waals surface area contributed by atoms with Gasteiger partial charge < -0.3 is 9.47 Å². The van der Waals surface area contributed by atoms with Gasteiger partial charge >= 0.3 is 0 Å². The number of fused-ring (bicyclic) bond motifs is 1. The lowest BCUT2D eigenvalue weighted by molar-refractivity contribution is -0.132. The minimum atomic E-state index is -0.325. The van der Waals surface area contributed by atoms with Crippen molar-refractivity contribution in [2.75, 3.05) is 13.7 Å². The van der Waals surface area contributed by atoms with Crippen molar-refractivity contribution in [2.45, 2.75) is 32.7 Å². The molecule has 1 aliphatic rings. The van der Waals surface area contributed by atoms with Crippen LogP contribution in [-0.2, 0) is 4.79 Å². The monoisotopic (exact) mass is 437 g/mol. The molecule has 2 aromatic carbocycles. The van der Waals surface area contributed by atoms with E-state index < -0.39 is 0 Å². The van der Waals surface area contributed by atoms with Crippen LogP contribution in [0.3, 0.4) is 0 Å². The Morgan fingerprint density at radius 2 is 2.00 bits per heavy atom. The summed E-state index contributed by atoms with van der Waals surface area (Å²) in [5.41, 5.74) is 3.20. The summed E-state index contributed by atoms with van der Waals surface area (Å²) in [6, 6.07) is 15.1. The fourth-order valence-corrected chi connectivity index (χ4v) is 4.06. The molecule has 1 atom stereocenters. The van der Waals surface area contributed by atoms with Crippen LogP contribution < -0.4 is 9.47 Å². The van der Waals surface area contributed by atoms with Gasteiger partial charge in [0.25, 0.3) is 0 Å². The van der Waals surface area contributed by atoms with Crippen LogP contribution in [0.4, 0.5) is 0 Å². The van der Waals surface area contributed by atoms with Crippen molar-refractivity contribution >= 4 is 34.1 Å². The maximum Gasteiger partial charge on any atom is 0.242 e. The number of aromatic nitrogens is 1. The van der Waals surface area contributed by atoms with Crippen LogP contribution in [-0.4, -0.2) is 35.3 Å². The van der Waals surface area contributed by atoms with Crippen molar-refractivity contribution < 1.29 is 14.3 Å². The molecule has 0 radical (unpaired) electrons. The highest BCUT2D eigenvalue weighted by Gasteiger charge is 2.34. The average molecular weight is 438 g/mol. The number of nitrogens with zero attached hydrogens (tertiary/aromatic N) is 3. The highest BCUT2D eigenvalue weighted by Crippen LogP contribution is 2.39. The summed E-state index contributed by atoms with van der Waals surface area (Å²) in [6.45, 7) is 4.30. The van der Waals surface area contributed by atoms with Crippen molar-refractivity contribution in [3.63, 3.8) is 0 Å². The highest BCUT2D eigenvalue weighted by molar-refractivity contribution is 6.30. The normalized spacial score (nSPS) is 15.8. The predicted molar refractivity (Wildman–Crippen MR) is 122 cm³/mol. The number of carbonyl (C=O) groups excluding carboxylic acids is 1. The lowest BCUT2D eigenvalue weighted by Gasteiger charge is -2.22. The van der Waals surface area contributed by atoms with Crippen molar-refractivity contribution in [2.24, 2.45) is 5.10 Å². The summed E-state index contributed by atoms with van der Waals surface area (Å²) in [5, 5.41) is 7.46. The van der Waals surface area contributed by atoms with Crippen LogP contribution in [0.2, 0.25) is 5.15 Å². The molecular weight excluding hydrogens is 414 g/mol. The predicted octanol–water partition coefficient (Wildman–Crippen LogP) is 5.38. The second-order valence-corrected chi connectivity index (χ2v) is 7.58. The van der Waals surface area contributed by atoms with Gasteiger partial charge in [0, 0.05) is 29.4 Å². The number of pyridine rings is 1. The Morgan fingerprint density at radius 3 is 2.74 bits per heavy atom. The van der Waals surface area contributed by atoms with Crippen LogP contribution in [0.25, 0.3) is 10.9 Å². The number of hydrogen-bond donors (Lipinski definition) is 0. The van der Waals surface area contributed by atoms with Crippen molar-refractivity contribution in [1.29, 1.82) is 0 Å². The molecule has 0 spiro atoms. The molecule has 31 heavy (non-hydrogen) atoms. The fraction of sp³-hybridized carbons (Fsp3) is 0.292. The summed E-state index contributed by atoms with van der Waals surface area (Å²) in [4.78, 5) is 17.3. The number of benzene rings is 2. The van der Waals surface area contributed by atoms with Crippen molar-refractivity contribution in [3.05, 3.63) is 64.8 Å². The van der Waals surface area contributed by atoms with Crippen LogP contribution in [0.5, 0.6) is 11.5 Å². The molecule has 0 saturated carbocycles. The first-order chi connectivity index (χ1) is 15.0. The Labute approximate surface area is 186 Å². The molecule has 4 rings (SSSR count). The van der Waals surface area contributed by atoms with E-state index in [1.807, 2.05) is 62.4 Å². The van der Waals surface area contributed by atoms with Crippen molar-refractivity contribution in [3.8, 4) is 11.5 Å². The summed E-state index contributed by atoms with van der Waals surface area (Å²) in [7, 11) is 1.63. The van der Waals surface area contributed by atoms with Gasteiger partial charge in [-0.25, -0.2) is 9.99 Å². The first-order valence-corrected chi connectivity index (χ1v) is 10.7. The zero-order valence-electron chi connectivity index (χ0n) is 17.8. The van der Waals surface area contributed by atoms with Gasteiger partial charge in [-0.2, -0.15) is 5.10 Å². The van der Waals surface area contributed by atoms with Gasteiger partial charge in [-0.15, -0.1) is 0 Å². The minimum absolute atomic E-state index is 0.0675. The molecule has 0 aliphatic carbocycles. The molecule has 2 heterocycles. The van der Waals surface area contributed by atoms with Gasteiger partial charge in [0.2, 0.25) is 5.91 Å². The second kappa shape index (κ2) is 8.94. The molecule has 3 aromatic rings. The number of para-hydroxylation sites is 1. The van der Waals surface area contributed by atoms with E-state index in [1.165, 1.54) is 5.01 Å². The number of hydrazone groups is 1. The van der Waals surface area contributed by atoms with Gasteiger partial charge in [-0.1, -0.05) is 42.8 Å². The second-order valence-electron chi connectivity index (χ2n) is 7.22. The van der Waals surface area contributed by atoms with E-state index in [1.54, 1.807) is 7.11 Å². The fourth-order valence-electron chi connectivity index (χ4n) is 3.79. The quantitative estimate of drug-likeness (QED) is 0.485. The summed E-state index contributed by atoms with van der Waals surface area (Å²) in [5.74, 6) is 1.36. The first kappa shape index (κ1) is 21.1. The third-order valence-electron chi connectivity index (χ3n) is 5.32. The summed E-state index contributed by atoms with van der Waals surface area (Å²) < 4.78 is 11.0. The molecule has 6 nitrogen and oxygen atoms in total. The Balaban J connectivity index is 1.76. The topological polar surface area (TPSA) is 64.0 Å². The Bertz CT molecular complexity index is 1160. The third kappa shape index (κ3) is 4.08. The number of carbonyl (C=O) groups is 1. The summed E-state index contributed by atoms with van der Waals surface area (Å²) in [6.07, 6.45) is 0.884. The molecule has 1 aliphatic heterocycles. The number of hydrogen-bond acceptors (Lipinski definition) is 5. The van der Waals surface area contributed by atoms with Crippen LogP contribution in [0.1, 0.15) is 43.9 Å². The van der Waals surface area contributed by atoms with E-state index in [2.05, 4.69) is 10.1 Å². The first-order valence-electron chi connectivity index (χ1n) is 10.3. The Morgan fingerprint density at radius 1 is 1.19 bits per heavy atom. The molecule has 7 heteroatoms. The van der Waals surface area contributed by atoms with Crippen LogP contribution >= 0.6 is 11.6 Å². The molecular formula is C24H24ClN3O3. The van der Waals surface area contributed by atoms with Gasteiger partial charge in [-0.05, 0) is 31.2 Å². The Kier molecular flexibility index (Phi) is 6.09. The molecule has 1 amide bonds. The standard InChI is InChI=1S/C24H24ClN3O3/c1-4-22(29)28-20(14-19(27-28)15-8-6-10-17(12-15)30-3)18-13-16-9-7-11-21(31-5-2)23(16)26-24(18)25/h6-13,20H,4-5,14H2,1-3H3/t20-/m0/s1. The molecule has 0 unspecified atom stereocenters. The maximum atomic E-state index is 12.7. The molecule has 0 saturated heterocycles. The van der Waals surface area contributed by atoms with E-state index in [9.17, 15) is 4.79 Å². The smallest absolute Gasteiger partial charge is 0.242 e. The lowest BCUT2D eigenvalue weighted by atomic mass is 9.98. The maximum absolute atomic E-state index is 12.7. The number of methoxy groups -OCH3 is 1. The van der Waals surface area contributed by atoms with E-state index in [0.717, 1.165) is 28.0 Å². The average Bonchev–Trinajstić information content (AvgIpc) is 3.24. The van der Waals surface area contributed by atoms with E-state index in [0.29, 0.717) is 35.9 Å². The Hall–Kier alpha value is -3.12. The number of halogens is 1. The highest BCUT2D eigenvalue weighted by atomic mass is 35.5. The zero-order valence-corrected chi connectivity index (χ0v) is 18.5. The van der Waals surface area contributed by atoms with E-state index >= 15 is 0 Å². The van der Waals surface area contributed by atoms with Crippen molar-refractivity contribution in [1.82, 2.24) is 9.99 Å². The van der Waals surface area contributed by atoms with Crippen LogP contribution in [0, 0.1) is 0 Å². The van der Waals surface area contributed by atoms with Gasteiger partial charge in [0.05, 0.1) is 25.5 Å². The molecule has 0 fully saturated rings. The van der Waals surface area contributed by atoms with E-state index in [-0.39, 0.29) is 11.9 Å². The van der Waals surface area contributed by atoms with E-state index in [4.69, 9.17) is 21.1 Å². The largest absolute Gasteiger partial charge is 0.497 e. The molecule has 1 aromatic heterocycles. The molecule has 160 valence electrons. The zero-order chi connectivity index (χ0) is 22.0. The lowest BCUT2D eigenvalue weighted by Crippen LogP contribution is -2.26. The van der Waals surface area contributed by atoms with Crippen LogP contribution in [0.15, 0.2) is 53.6 Å². The van der Waals surface area contributed by atoms with Gasteiger partial charge in [0.15, 0.2) is 0 Å². The molecule has 0 N–H and O–H groups in total. The number of amides is 1. The minimum Gasteiger partial charge on any atom is -0.497 e. The van der Waals surface area contributed by atoms with Gasteiger partial charge in [-0.3, -0.25) is 4.79 Å². The summed E-state index contributed by atoms with van der Waals surface area (Å²) >= 11 is 6.63. The number of rotatable bonds is 6. The number of ether oxygens (including phenoxy) is 2.